The monoisotopic (exact) mass is 443 g/mol. The molecular formula is C25H34ClN3S. The Bertz CT molecular complexity index is 883. The standard InChI is InChI=1S/C25H34ClN3S/c1-5-13-28-14-7-8-21-15-20(10-12-24(21)28)17-29(19(4)6-2)25(30)27-22-11-9-18(3)23(26)16-22/h9-12,15-16,19H,5-8,13-14,17H2,1-4H3,(H,27,30)/t19-/m1/s1. The summed E-state index contributed by atoms with van der Waals surface area (Å²) in [6, 6.07) is 13.3. The van der Waals surface area contributed by atoms with Gasteiger partial charge in [-0.25, -0.2) is 0 Å². The van der Waals surface area contributed by atoms with Crippen molar-refractivity contribution in [2.24, 2.45) is 0 Å². The van der Waals surface area contributed by atoms with Gasteiger partial charge in [-0.15, -0.1) is 0 Å². The van der Waals surface area contributed by atoms with Gasteiger partial charge in [-0.3, -0.25) is 0 Å². The Morgan fingerprint density at radius 2 is 2.03 bits per heavy atom. The summed E-state index contributed by atoms with van der Waals surface area (Å²) < 4.78 is 0. The van der Waals surface area contributed by atoms with Crippen molar-refractivity contribution >= 4 is 40.3 Å². The lowest BCUT2D eigenvalue weighted by molar-refractivity contribution is 0.319. The van der Waals surface area contributed by atoms with Gasteiger partial charge in [0.15, 0.2) is 5.11 Å². The lowest BCUT2D eigenvalue weighted by Crippen LogP contribution is -2.40. The number of nitrogens with zero attached hydrogens (tertiary/aromatic N) is 2. The number of anilines is 2. The predicted molar refractivity (Wildman–Crippen MR) is 135 cm³/mol. The van der Waals surface area contributed by atoms with Gasteiger partial charge in [0.25, 0.3) is 0 Å². The summed E-state index contributed by atoms with van der Waals surface area (Å²) in [5.74, 6) is 0. The van der Waals surface area contributed by atoms with Gasteiger partial charge >= 0.3 is 0 Å². The van der Waals surface area contributed by atoms with E-state index in [2.05, 4.69) is 54.1 Å². The van der Waals surface area contributed by atoms with Crippen molar-refractivity contribution in [3.63, 3.8) is 0 Å². The summed E-state index contributed by atoms with van der Waals surface area (Å²) in [6.07, 6.45) is 4.62. The molecule has 0 aromatic heterocycles. The summed E-state index contributed by atoms with van der Waals surface area (Å²) in [6.45, 7) is 11.8. The van der Waals surface area contributed by atoms with E-state index >= 15 is 0 Å². The summed E-state index contributed by atoms with van der Waals surface area (Å²) >= 11 is 12.1. The van der Waals surface area contributed by atoms with Crippen molar-refractivity contribution in [2.75, 3.05) is 23.3 Å². The third-order valence-corrected chi connectivity index (χ3v) is 6.76. The van der Waals surface area contributed by atoms with Gasteiger partial charge in [0.1, 0.15) is 0 Å². The molecule has 5 heteroatoms. The summed E-state index contributed by atoms with van der Waals surface area (Å²) in [5.41, 5.74) is 6.21. The first kappa shape index (κ1) is 22.9. The molecule has 1 aliphatic heterocycles. The largest absolute Gasteiger partial charge is 0.371 e. The maximum atomic E-state index is 6.30. The van der Waals surface area contributed by atoms with Crippen LogP contribution < -0.4 is 10.2 Å². The van der Waals surface area contributed by atoms with Crippen LogP contribution in [0.25, 0.3) is 0 Å². The summed E-state index contributed by atoms with van der Waals surface area (Å²) in [4.78, 5) is 4.82. The molecule has 1 heterocycles. The minimum absolute atomic E-state index is 0.346. The number of halogens is 1. The highest BCUT2D eigenvalue weighted by Gasteiger charge is 2.20. The molecule has 2 aromatic carbocycles. The smallest absolute Gasteiger partial charge is 0.173 e. The molecule has 162 valence electrons. The van der Waals surface area contributed by atoms with Gasteiger partial charge in [0, 0.05) is 42.1 Å². The van der Waals surface area contributed by atoms with Gasteiger partial charge in [-0.1, -0.05) is 43.6 Å². The maximum Gasteiger partial charge on any atom is 0.173 e. The van der Waals surface area contributed by atoms with Crippen LogP contribution in [0.5, 0.6) is 0 Å². The molecule has 0 unspecified atom stereocenters. The van der Waals surface area contributed by atoms with Crippen molar-refractivity contribution in [1.82, 2.24) is 4.90 Å². The molecule has 3 rings (SSSR count). The Morgan fingerprint density at radius 1 is 1.23 bits per heavy atom. The van der Waals surface area contributed by atoms with Crippen LogP contribution in [0.4, 0.5) is 11.4 Å². The lowest BCUT2D eigenvalue weighted by atomic mass is 9.98. The van der Waals surface area contributed by atoms with Gasteiger partial charge in [-0.2, -0.15) is 0 Å². The Kier molecular flexibility index (Phi) is 8.01. The average Bonchev–Trinajstić information content (AvgIpc) is 2.74. The molecule has 0 aliphatic carbocycles. The molecule has 1 N–H and O–H groups in total. The van der Waals surface area contributed by atoms with E-state index in [-0.39, 0.29) is 0 Å². The van der Waals surface area contributed by atoms with E-state index in [4.69, 9.17) is 23.8 Å². The topological polar surface area (TPSA) is 18.5 Å². The van der Waals surface area contributed by atoms with Crippen molar-refractivity contribution < 1.29 is 0 Å². The second kappa shape index (κ2) is 10.5. The molecule has 0 saturated carbocycles. The zero-order chi connectivity index (χ0) is 21.7. The average molecular weight is 444 g/mol. The van der Waals surface area contributed by atoms with E-state index in [1.54, 1.807) is 0 Å². The number of hydrogen-bond acceptors (Lipinski definition) is 2. The quantitative estimate of drug-likeness (QED) is 0.473. The first-order valence-electron chi connectivity index (χ1n) is 11.1. The molecule has 0 bridgehead atoms. The highest BCUT2D eigenvalue weighted by Crippen LogP contribution is 2.29. The minimum atomic E-state index is 0.346. The molecule has 0 spiro atoms. The second-order valence-electron chi connectivity index (χ2n) is 8.33. The predicted octanol–water partition coefficient (Wildman–Crippen LogP) is 6.81. The number of rotatable bonds is 7. The number of nitrogens with one attached hydrogen (secondary N) is 1. The fraction of sp³-hybridized carbons (Fsp3) is 0.480. The van der Waals surface area contributed by atoms with Crippen LogP contribution in [-0.4, -0.2) is 29.1 Å². The van der Waals surface area contributed by atoms with E-state index in [1.165, 1.54) is 36.2 Å². The van der Waals surface area contributed by atoms with E-state index in [0.29, 0.717) is 6.04 Å². The molecule has 0 radical (unpaired) electrons. The number of thiocarbonyl (C=S) groups is 1. The fourth-order valence-corrected chi connectivity index (χ4v) is 4.58. The van der Waals surface area contributed by atoms with Crippen molar-refractivity contribution in [3.8, 4) is 0 Å². The zero-order valence-electron chi connectivity index (χ0n) is 18.7. The van der Waals surface area contributed by atoms with E-state index < -0.39 is 0 Å². The Morgan fingerprint density at radius 3 is 2.73 bits per heavy atom. The summed E-state index contributed by atoms with van der Waals surface area (Å²) in [5, 5.41) is 4.90. The summed E-state index contributed by atoms with van der Waals surface area (Å²) in [7, 11) is 0. The molecule has 0 amide bonds. The Hall–Kier alpha value is -1.78. The lowest BCUT2D eigenvalue weighted by Gasteiger charge is -2.34. The van der Waals surface area contributed by atoms with Crippen LogP contribution in [-0.2, 0) is 13.0 Å². The van der Waals surface area contributed by atoms with Crippen LogP contribution >= 0.6 is 23.8 Å². The van der Waals surface area contributed by atoms with Crippen LogP contribution in [0, 0.1) is 6.92 Å². The van der Waals surface area contributed by atoms with Crippen molar-refractivity contribution in [1.29, 1.82) is 0 Å². The molecule has 30 heavy (non-hydrogen) atoms. The van der Waals surface area contributed by atoms with Crippen molar-refractivity contribution in [3.05, 3.63) is 58.1 Å². The minimum Gasteiger partial charge on any atom is -0.371 e. The van der Waals surface area contributed by atoms with E-state index in [1.807, 2.05) is 25.1 Å². The molecule has 1 atom stereocenters. The zero-order valence-corrected chi connectivity index (χ0v) is 20.2. The maximum absolute atomic E-state index is 6.30. The third-order valence-electron chi connectivity index (χ3n) is 6.01. The van der Waals surface area contributed by atoms with Crippen LogP contribution in [0.1, 0.15) is 56.7 Å². The van der Waals surface area contributed by atoms with E-state index in [0.717, 1.165) is 47.3 Å². The first-order valence-corrected chi connectivity index (χ1v) is 11.9. The van der Waals surface area contributed by atoms with Gasteiger partial charge in [0.2, 0.25) is 0 Å². The van der Waals surface area contributed by atoms with Gasteiger partial charge < -0.3 is 15.1 Å². The molecule has 0 saturated heterocycles. The van der Waals surface area contributed by atoms with Crippen molar-refractivity contribution in [2.45, 2.75) is 66.0 Å². The van der Waals surface area contributed by atoms with E-state index in [9.17, 15) is 0 Å². The fourth-order valence-electron chi connectivity index (χ4n) is 4.04. The van der Waals surface area contributed by atoms with Gasteiger partial charge in [-0.05, 0) is 86.6 Å². The Labute approximate surface area is 192 Å². The molecule has 2 aromatic rings. The van der Waals surface area contributed by atoms with Gasteiger partial charge in [0.05, 0.1) is 0 Å². The van der Waals surface area contributed by atoms with Crippen LogP contribution in [0.3, 0.4) is 0 Å². The molecule has 3 nitrogen and oxygen atoms in total. The highest BCUT2D eigenvalue weighted by molar-refractivity contribution is 7.80. The first-order chi connectivity index (χ1) is 14.4. The molecular weight excluding hydrogens is 410 g/mol. The number of fused-ring (bicyclic) bond motifs is 1. The number of hydrogen-bond donors (Lipinski definition) is 1. The number of aryl methyl sites for hydroxylation is 2. The Balaban J connectivity index is 1.77. The van der Waals surface area contributed by atoms with Crippen LogP contribution in [0.15, 0.2) is 36.4 Å². The second-order valence-corrected chi connectivity index (χ2v) is 9.13. The SMILES string of the molecule is CCCN1CCCc2cc(CN(C(=S)Nc3ccc(C)c(Cl)c3)[C@H](C)CC)ccc21. The number of benzene rings is 2. The normalized spacial score (nSPS) is 14.2. The molecule has 0 fully saturated rings. The molecule has 1 aliphatic rings. The third kappa shape index (κ3) is 5.47. The highest BCUT2D eigenvalue weighted by atomic mass is 35.5. The van der Waals surface area contributed by atoms with Crippen LogP contribution in [0.2, 0.25) is 5.02 Å².